The lowest BCUT2D eigenvalue weighted by atomic mass is 10.1. The van der Waals surface area contributed by atoms with Gasteiger partial charge < -0.3 is 14.8 Å². The number of carbonyl (C=O) groups excluding carboxylic acids is 1. The molecule has 2 rings (SSSR count). The molecule has 0 aliphatic heterocycles. The number of thiocarbonyl (C=S) groups is 1. The van der Waals surface area contributed by atoms with Crippen molar-refractivity contribution in [3.63, 3.8) is 0 Å². The van der Waals surface area contributed by atoms with Crippen LogP contribution in [-0.2, 0) is 4.74 Å². The van der Waals surface area contributed by atoms with Gasteiger partial charge in [-0.15, -0.1) is 0 Å². The van der Waals surface area contributed by atoms with Gasteiger partial charge in [0.1, 0.15) is 12.4 Å². The van der Waals surface area contributed by atoms with Gasteiger partial charge in [0.25, 0.3) is 5.91 Å². The molecule has 6 heteroatoms. The Morgan fingerprint density at radius 3 is 2.65 bits per heavy atom. The van der Waals surface area contributed by atoms with Gasteiger partial charge in [0.2, 0.25) is 0 Å². The third-order valence-corrected chi connectivity index (χ3v) is 3.89. The molecule has 0 spiro atoms. The largest absolute Gasteiger partial charge is 0.490 e. The molecule has 0 atom stereocenters. The topological polar surface area (TPSA) is 59.6 Å². The van der Waals surface area contributed by atoms with Crippen LogP contribution in [0.25, 0.3) is 0 Å². The smallest absolute Gasteiger partial charge is 0.261 e. The van der Waals surface area contributed by atoms with E-state index in [-0.39, 0.29) is 11.0 Å². The van der Waals surface area contributed by atoms with E-state index in [0.29, 0.717) is 31.1 Å². The number of ether oxygens (including phenoxy) is 2. The minimum absolute atomic E-state index is 0.243. The van der Waals surface area contributed by atoms with Crippen molar-refractivity contribution in [2.75, 3.05) is 25.1 Å². The van der Waals surface area contributed by atoms with Gasteiger partial charge in [-0.05, 0) is 62.3 Å². The van der Waals surface area contributed by atoms with Crippen molar-refractivity contribution in [2.45, 2.75) is 20.8 Å². The molecule has 0 aliphatic rings. The first-order chi connectivity index (χ1) is 12.5. The summed E-state index contributed by atoms with van der Waals surface area (Å²) >= 11 is 5.28. The highest BCUT2D eigenvalue weighted by molar-refractivity contribution is 7.80. The van der Waals surface area contributed by atoms with Crippen molar-refractivity contribution < 1.29 is 14.3 Å². The van der Waals surface area contributed by atoms with Gasteiger partial charge >= 0.3 is 0 Å². The Morgan fingerprint density at radius 1 is 1.12 bits per heavy atom. The van der Waals surface area contributed by atoms with Crippen LogP contribution in [0.5, 0.6) is 5.75 Å². The Kier molecular flexibility index (Phi) is 7.56. The van der Waals surface area contributed by atoms with Crippen molar-refractivity contribution in [3.05, 3.63) is 59.2 Å². The molecule has 2 aromatic rings. The lowest BCUT2D eigenvalue weighted by molar-refractivity contribution is 0.0958. The maximum Gasteiger partial charge on any atom is 0.261 e. The highest BCUT2D eigenvalue weighted by Gasteiger charge is 2.14. The summed E-state index contributed by atoms with van der Waals surface area (Å²) in [5.74, 6) is 0.180. The fourth-order valence-electron chi connectivity index (χ4n) is 2.33. The first kappa shape index (κ1) is 19.9. The summed E-state index contributed by atoms with van der Waals surface area (Å²) in [6, 6.07) is 13.1. The fraction of sp³-hybridized carbons (Fsp3) is 0.300. The van der Waals surface area contributed by atoms with E-state index >= 15 is 0 Å². The van der Waals surface area contributed by atoms with E-state index in [4.69, 9.17) is 21.7 Å². The number of anilines is 1. The molecular weight excluding hydrogens is 348 g/mol. The third kappa shape index (κ3) is 5.82. The molecule has 0 radical (unpaired) electrons. The number of amides is 1. The van der Waals surface area contributed by atoms with Gasteiger partial charge in [0, 0.05) is 12.3 Å². The van der Waals surface area contributed by atoms with E-state index in [0.717, 1.165) is 16.8 Å². The van der Waals surface area contributed by atoms with Crippen LogP contribution in [0.3, 0.4) is 0 Å². The molecule has 1 amide bonds. The van der Waals surface area contributed by atoms with Crippen LogP contribution in [0.15, 0.2) is 42.5 Å². The summed E-state index contributed by atoms with van der Waals surface area (Å²) in [5, 5.41) is 6.02. The lowest BCUT2D eigenvalue weighted by Gasteiger charge is -2.14. The molecule has 5 nitrogen and oxygen atoms in total. The van der Waals surface area contributed by atoms with Crippen LogP contribution in [-0.4, -0.2) is 30.8 Å². The Labute approximate surface area is 159 Å². The minimum Gasteiger partial charge on any atom is -0.490 e. The zero-order valence-electron chi connectivity index (χ0n) is 15.3. The highest BCUT2D eigenvalue weighted by Crippen LogP contribution is 2.19. The van der Waals surface area contributed by atoms with E-state index in [1.54, 1.807) is 18.2 Å². The summed E-state index contributed by atoms with van der Waals surface area (Å²) in [5.41, 5.74) is 3.46. The Hall–Kier alpha value is -2.44. The Balaban J connectivity index is 2.00. The van der Waals surface area contributed by atoms with Gasteiger partial charge in [-0.3, -0.25) is 10.1 Å². The molecule has 0 bridgehead atoms. The van der Waals surface area contributed by atoms with Crippen LogP contribution < -0.4 is 15.4 Å². The fourth-order valence-corrected chi connectivity index (χ4v) is 2.53. The Morgan fingerprint density at radius 2 is 1.88 bits per heavy atom. The van der Waals surface area contributed by atoms with Crippen molar-refractivity contribution in [3.8, 4) is 5.75 Å². The predicted octanol–water partition coefficient (Wildman–Crippen LogP) is 3.85. The zero-order valence-corrected chi connectivity index (χ0v) is 16.1. The SMILES string of the molecule is CCOCCOc1ccccc1C(=O)NC(=S)Nc1cc(C)ccc1C. The molecule has 0 saturated carbocycles. The van der Waals surface area contributed by atoms with Gasteiger partial charge in [-0.25, -0.2) is 0 Å². The molecule has 0 heterocycles. The number of hydrogen-bond acceptors (Lipinski definition) is 4. The van der Waals surface area contributed by atoms with E-state index in [1.807, 2.05) is 45.0 Å². The molecular formula is C20H24N2O3S. The number of rotatable bonds is 7. The van der Waals surface area contributed by atoms with Crippen LogP contribution in [0, 0.1) is 13.8 Å². The monoisotopic (exact) mass is 372 g/mol. The maximum atomic E-state index is 12.6. The third-order valence-electron chi connectivity index (χ3n) is 3.69. The summed E-state index contributed by atoms with van der Waals surface area (Å²) < 4.78 is 10.9. The predicted molar refractivity (Wildman–Crippen MR) is 108 cm³/mol. The second-order valence-electron chi connectivity index (χ2n) is 5.77. The van der Waals surface area contributed by atoms with Crippen LogP contribution in [0.2, 0.25) is 0 Å². The van der Waals surface area contributed by atoms with Gasteiger partial charge in [0.05, 0.1) is 12.2 Å². The number of hydrogen-bond donors (Lipinski definition) is 2. The molecule has 138 valence electrons. The molecule has 26 heavy (non-hydrogen) atoms. The van der Waals surface area contributed by atoms with Gasteiger partial charge in [-0.2, -0.15) is 0 Å². The summed E-state index contributed by atoms with van der Waals surface area (Å²) in [6.07, 6.45) is 0. The highest BCUT2D eigenvalue weighted by atomic mass is 32.1. The van der Waals surface area contributed by atoms with Gasteiger partial charge in [-0.1, -0.05) is 24.3 Å². The Bertz CT molecular complexity index is 777. The number of para-hydroxylation sites is 1. The molecule has 0 fully saturated rings. The molecule has 0 saturated heterocycles. The number of aryl methyl sites for hydroxylation is 2. The first-order valence-corrected chi connectivity index (χ1v) is 8.91. The van der Waals surface area contributed by atoms with E-state index in [2.05, 4.69) is 10.6 Å². The first-order valence-electron chi connectivity index (χ1n) is 8.50. The molecule has 2 aromatic carbocycles. The second kappa shape index (κ2) is 9.89. The average molecular weight is 372 g/mol. The van der Waals surface area contributed by atoms with Crippen LogP contribution >= 0.6 is 12.2 Å². The minimum atomic E-state index is -0.320. The van der Waals surface area contributed by atoms with Crippen molar-refractivity contribution in [1.82, 2.24) is 5.32 Å². The molecule has 0 unspecified atom stereocenters. The number of nitrogens with one attached hydrogen (secondary N) is 2. The summed E-state index contributed by atoms with van der Waals surface area (Å²) in [4.78, 5) is 12.6. The summed E-state index contributed by atoms with van der Waals surface area (Å²) in [7, 11) is 0. The van der Waals surface area contributed by atoms with Crippen molar-refractivity contribution in [2.24, 2.45) is 0 Å². The number of carbonyl (C=O) groups is 1. The van der Waals surface area contributed by atoms with Crippen LogP contribution in [0.4, 0.5) is 5.69 Å². The second-order valence-corrected chi connectivity index (χ2v) is 6.18. The summed E-state index contributed by atoms with van der Waals surface area (Å²) in [6.45, 7) is 7.38. The van der Waals surface area contributed by atoms with Crippen LogP contribution in [0.1, 0.15) is 28.4 Å². The van der Waals surface area contributed by atoms with Gasteiger partial charge in [0.15, 0.2) is 5.11 Å². The molecule has 2 N–H and O–H groups in total. The van der Waals surface area contributed by atoms with Crippen molar-refractivity contribution in [1.29, 1.82) is 0 Å². The molecule has 0 aliphatic carbocycles. The normalized spacial score (nSPS) is 10.3. The maximum absolute atomic E-state index is 12.6. The standard InChI is InChI=1S/C20H24N2O3S/c1-4-24-11-12-25-18-8-6-5-7-16(18)19(23)22-20(26)21-17-13-14(2)9-10-15(17)3/h5-10,13H,4,11-12H2,1-3H3,(H2,21,22,23,26). The quantitative estimate of drug-likeness (QED) is 0.571. The van der Waals surface area contributed by atoms with E-state index < -0.39 is 0 Å². The zero-order chi connectivity index (χ0) is 18.9. The van der Waals surface area contributed by atoms with Crippen molar-refractivity contribution >= 4 is 28.9 Å². The molecule has 0 aromatic heterocycles. The average Bonchev–Trinajstić information content (AvgIpc) is 2.62. The van der Waals surface area contributed by atoms with E-state index in [1.165, 1.54) is 0 Å². The van der Waals surface area contributed by atoms with E-state index in [9.17, 15) is 4.79 Å². The number of benzene rings is 2. The lowest BCUT2D eigenvalue weighted by Crippen LogP contribution is -2.34.